The number of carbonyl (C=O) groups is 2. The Hall–Kier alpha value is -4.41. The van der Waals surface area contributed by atoms with Crippen LogP contribution >= 0.6 is 0 Å². The van der Waals surface area contributed by atoms with Gasteiger partial charge in [0, 0.05) is 18.7 Å². The minimum absolute atomic E-state index is 0.0542. The predicted molar refractivity (Wildman–Crippen MR) is 154 cm³/mol. The van der Waals surface area contributed by atoms with E-state index < -0.39 is 6.04 Å². The average Bonchev–Trinajstić information content (AvgIpc) is 3.25. The number of Topliss-reactive ketones (excluding diaryl/α,β-unsaturated/α-hetero) is 1. The summed E-state index contributed by atoms with van der Waals surface area (Å²) in [5.41, 5.74) is 3.96. The normalized spacial score (nSPS) is 14.9. The van der Waals surface area contributed by atoms with Crippen molar-refractivity contribution in [2.75, 3.05) is 33.8 Å². The van der Waals surface area contributed by atoms with Gasteiger partial charge in [0.2, 0.25) is 0 Å². The minimum atomic E-state index is -0.637. The van der Waals surface area contributed by atoms with Gasteiger partial charge < -0.3 is 19.3 Å². The van der Waals surface area contributed by atoms with E-state index in [1.54, 1.807) is 41.3 Å². The molecule has 0 saturated heterocycles. The number of benzene rings is 3. The van der Waals surface area contributed by atoms with Crippen LogP contribution in [0.25, 0.3) is 0 Å². The molecule has 0 aromatic heterocycles. The smallest absolute Gasteiger partial charge is 0.290 e. The van der Waals surface area contributed by atoms with Crippen molar-refractivity contribution in [1.29, 1.82) is 5.26 Å². The van der Waals surface area contributed by atoms with E-state index in [2.05, 4.69) is 6.07 Å². The molecule has 0 fully saturated rings. The number of nitriles is 1. The highest BCUT2D eigenvalue weighted by molar-refractivity contribution is 6.16. The molecule has 0 aliphatic carbocycles. The first kappa shape index (κ1) is 28.6. The number of amides is 1. The second-order valence-corrected chi connectivity index (χ2v) is 10.2. The van der Waals surface area contributed by atoms with Crippen LogP contribution in [0.5, 0.6) is 5.75 Å². The molecule has 0 saturated carbocycles. The van der Waals surface area contributed by atoms with E-state index in [1.165, 1.54) is 0 Å². The molecular formula is C33H35N3O4. The van der Waals surface area contributed by atoms with Crippen molar-refractivity contribution in [3.05, 3.63) is 112 Å². The lowest BCUT2D eigenvalue weighted by Crippen LogP contribution is -2.36. The van der Waals surface area contributed by atoms with Crippen molar-refractivity contribution in [3.8, 4) is 11.8 Å². The van der Waals surface area contributed by atoms with E-state index >= 15 is 0 Å². The van der Waals surface area contributed by atoms with Gasteiger partial charge in [0.25, 0.3) is 5.91 Å². The third kappa shape index (κ3) is 6.59. The molecular weight excluding hydrogens is 502 g/mol. The molecule has 0 bridgehead atoms. The van der Waals surface area contributed by atoms with E-state index in [4.69, 9.17) is 14.7 Å². The fraction of sp³-hybridized carbons (Fsp3) is 0.303. The van der Waals surface area contributed by atoms with Gasteiger partial charge in [0.1, 0.15) is 12.4 Å². The molecule has 1 atom stereocenters. The van der Waals surface area contributed by atoms with E-state index in [-0.39, 0.29) is 24.1 Å². The summed E-state index contributed by atoms with van der Waals surface area (Å²) < 4.78 is 12.1. The van der Waals surface area contributed by atoms with Crippen LogP contribution in [-0.2, 0) is 16.1 Å². The summed E-state index contributed by atoms with van der Waals surface area (Å²) >= 11 is 0. The van der Waals surface area contributed by atoms with Crippen molar-refractivity contribution >= 4 is 11.7 Å². The summed E-state index contributed by atoms with van der Waals surface area (Å²) in [6, 6.07) is 23.4. The van der Waals surface area contributed by atoms with Gasteiger partial charge in [-0.2, -0.15) is 5.26 Å². The molecule has 1 aliphatic rings. The quantitative estimate of drug-likeness (QED) is 0.286. The number of hydrogen-bond donors (Lipinski definition) is 0. The molecule has 40 heavy (non-hydrogen) atoms. The van der Waals surface area contributed by atoms with Gasteiger partial charge in [-0.05, 0) is 62.8 Å². The fourth-order valence-corrected chi connectivity index (χ4v) is 4.58. The van der Waals surface area contributed by atoms with Crippen LogP contribution in [0.2, 0.25) is 0 Å². The Balaban J connectivity index is 1.81. The SMILES string of the molecule is CCCOc1cccc([C@H]2C(C(=O)c3ccc(C)cc3)=C(OCc3ccc(C#N)cc3)C(=O)N2CCN(C)C)c1. The summed E-state index contributed by atoms with van der Waals surface area (Å²) in [7, 11) is 3.89. The number of ether oxygens (including phenoxy) is 2. The van der Waals surface area contributed by atoms with E-state index in [0.717, 1.165) is 23.1 Å². The van der Waals surface area contributed by atoms with Crippen LogP contribution in [-0.4, -0.2) is 55.3 Å². The standard InChI is InChI=1S/C33H35N3O4/c1-5-19-39-28-8-6-7-27(20-28)30-29(31(37)26-15-9-23(2)10-16-26)32(33(38)36(30)18-17-35(3)4)40-22-25-13-11-24(21-34)12-14-25/h6-16,20,30H,5,17-19,22H2,1-4H3/t30-/m0/s1. The summed E-state index contributed by atoms with van der Waals surface area (Å²) in [6.07, 6.45) is 0.867. The molecule has 0 N–H and O–H groups in total. The Morgan fingerprint density at radius 1 is 1.02 bits per heavy atom. The number of ketones is 1. The van der Waals surface area contributed by atoms with Crippen LogP contribution in [0.15, 0.2) is 84.1 Å². The highest BCUT2D eigenvalue weighted by Gasteiger charge is 2.44. The number of aryl methyl sites for hydroxylation is 1. The molecule has 3 aromatic carbocycles. The van der Waals surface area contributed by atoms with Gasteiger partial charge in [-0.1, -0.05) is 61.0 Å². The Labute approximate surface area is 236 Å². The van der Waals surface area contributed by atoms with Crippen LogP contribution in [0.4, 0.5) is 0 Å². The monoisotopic (exact) mass is 537 g/mol. The Bertz CT molecular complexity index is 1420. The lowest BCUT2D eigenvalue weighted by molar-refractivity contribution is -0.130. The highest BCUT2D eigenvalue weighted by Crippen LogP contribution is 2.41. The largest absolute Gasteiger partial charge is 0.494 e. The Morgan fingerprint density at radius 2 is 1.75 bits per heavy atom. The first-order valence-corrected chi connectivity index (χ1v) is 13.5. The molecule has 0 spiro atoms. The summed E-state index contributed by atoms with van der Waals surface area (Å²) in [6.45, 7) is 5.69. The third-order valence-corrected chi connectivity index (χ3v) is 6.74. The van der Waals surface area contributed by atoms with Crippen molar-refractivity contribution in [2.24, 2.45) is 0 Å². The molecule has 1 amide bonds. The maximum absolute atomic E-state index is 14.1. The lowest BCUT2D eigenvalue weighted by Gasteiger charge is -2.28. The zero-order valence-electron chi connectivity index (χ0n) is 23.5. The number of carbonyl (C=O) groups excluding carboxylic acids is 2. The molecule has 206 valence electrons. The maximum atomic E-state index is 14.1. The molecule has 3 aromatic rings. The highest BCUT2D eigenvalue weighted by atomic mass is 16.5. The van der Waals surface area contributed by atoms with Crippen molar-refractivity contribution in [1.82, 2.24) is 9.80 Å². The lowest BCUT2D eigenvalue weighted by atomic mass is 9.92. The number of rotatable bonds is 12. The second kappa shape index (κ2) is 13.1. The zero-order valence-corrected chi connectivity index (χ0v) is 23.5. The summed E-state index contributed by atoms with van der Waals surface area (Å²) in [5, 5.41) is 9.12. The first-order chi connectivity index (χ1) is 19.3. The summed E-state index contributed by atoms with van der Waals surface area (Å²) in [4.78, 5) is 31.8. The van der Waals surface area contributed by atoms with Gasteiger partial charge in [-0.25, -0.2) is 0 Å². The Morgan fingerprint density at radius 3 is 2.40 bits per heavy atom. The van der Waals surface area contributed by atoms with Crippen LogP contribution in [0.1, 0.15) is 52.0 Å². The molecule has 4 rings (SSSR count). The second-order valence-electron chi connectivity index (χ2n) is 10.2. The van der Waals surface area contributed by atoms with Crippen LogP contribution in [0, 0.1) is 18.3 Å². The van der Waals surface area contributed by atoms with Gasteiger partial charge in [-0.3, -0.25) is 9.59 Å². The van der Waals surface area contributed by atoms with Gasteiger partial charge in [-0.15, -0.1) is 0 Å². The fourth-order valence-electron chi connectivity index (χ4n) is 4.58. The molecule has 7 nitrogen and oxygen atoms in total. The number of hydrogen-bond acceptors (Lipinski definition) is 6. The van der Waals surface area contributed by atoms with Gasteiger partial charge >= 0.3 is 0 Å². The topological polar surface area (TPSA) is 82.9 Å². The molecule has 1 aliphatic heterocycles. The Kier molecular flexibility index (Phi) is 9.36. The first-order valence-electron chi connectivity index (χ1n) is 13.5. The van der Waals surface area contributed by atoms with Crippen LogP contribution in [0.3, 0.4) is 0 Å². The van der Waals surface area contributed by atoms with E-state index in [1.807, 2.05) is 69.2 Å². The maximum Gasteiger partial charge on any atom is 0.290 e. The molecule has 7 heteroatoms. The summed E-state index contributed by atoms with van der Waals surface area (Å²) in [5.74, 6) is 0.170. The van der Waals surface area contributed by atoms with Crippen molar-refractivity contribution in [3.63, 3.8) is 0 Å². The predicted octanol–water partition coefficient (Wildman–Crippen LogP) is 5.45. The van der Waals surface area contributed by atoms with E-state index in [0.29, 0.717) is 42.1 Å². The third-order valence-electron chi connectivity index (χ3n) is 6.74. The van der Waals surface area contributed by atoms with Gasteiger partial charge in [0.15, 0.2) is 11.5 Å². The minimum Gasteiger partial charge on any atom is -0.494 e. The van der Waals surface area contributed by atoms with Crippen LogP contribution < -0.4 is 4.74 Å². The number of nitrogens with zero attached hydrogens (tertiary/aromatic N) is 3. The van der Waals surface area contributed by atoms with Crippen molar-refractivity contribution < 1.29 is 19.1 Å². The average molecular weight is 538 g/mol. The van der Waals surface area contributed by atoms with Crippen molar-refractivity contribution in [2.45, 2.75) is 32.9 Å². The van der Waals surface area contributed by atoms with Gasteiger partial charge in [0.05, 0.1) is 29.9 Å². The molecule has 0 radical (unpaired) electrons. The van der Waals surface area contributed by atoms with E-state index in [9.17, 15) is 9.59 Å². The molecule has 1 heterocycles. The zero-order chi connectivity index (χ0) is 28.6. The molecule has 0 unspecified atom stereocenters. The number of likely N-dealkylation sites (N-methyl/N-ethyl adjacent to an activating group) is 1.